The Labute approximate surface area is 118 Å². The Morgan fingerprint density at radius 2 is 2.21 bits per heavy atom. The Hall–Kier alpha value is -1.13. The lowest BCUT2D eigenvalue weighted by Crippen LogP contribution is -2.41. The molecule has 0 aromatic heterocycles. The van der Waals surface area contributed by atoms with Gasteiger partial charge in [-0.1, -0.05) is 6.07 Å². The Bertz CT molecular complexity index is 475. The molecule has 19 heavy (non-hydrogen) atoms. The number of halogens is 2. The summed E-state index contributed by atoms with van der Waals surface area (Å²) in [5.74, 6) is -0.118. The number of hydrogen-bond acceptors (Lipinski definition) is 2. The van der Waals surface area contributed by atoms with Crippen molar-refractivity contribution in [3.63, 3.8) is 0 Å². The third kappa shape index (κ3) is 2.90. The summed E-state index contributed by atoms with van der Waals surface area (Å²) in [5.41, 5.74) is 2.10. The molecule has 2 atom stereocenters. The van der Waals surface area contributed by atoms with Gasteiger partial charge in [-0.3, -0.25) is 4.79 Å². The zero-order valence-corrected chi connectivity index (χ0v) is 11.4. The first kappa shape index (κ1) is 14.3. The molecule has 0 bridgehead atoms. The van der Waals surface area contributed by atoms with Crippen molar-refractivity contribution in [2.75, 3.05) is 6.54 Å². The minimum absolute atomic E-state index is 0. The van der Waals surface area contributed by atoms with E-state index in [1.807, 2.05) is 0 Å². The Morgan fingerprint density at radius 3 is 2.95 bits per heavy atom. The highest BCUT2D eigenvalue weighted by molar-refractivity contribution is 5.85. The van der Waals surface area contributed by atoms with Crippen molar-refractivity contribution in [3.05, 3.63) is 35.1 Å². The number of rotatable bonds is 2. The van der Waals surface area contributed by atoms with Gasteiger partial charge in [-0.05, 0) is 55.5 Å². The predicted octanol–water partition coefficient (Wildman–Crippen LogP) is 2.10. The van der Waals surface area contributed by atoms with Crippen molar-refractivity contribution in [3.8, 4) is 0 Å². The summed E-state index contributed by atoms with van der Waals surface area (Å²) in [7, 11) is 0. The Kier molecular flexibility index (Phi) is 4.42. The second-order valence-corrected chi connectivity index (χ2v) is 5.09. The summed E-state index contributed by atoms with van der Waals surface area (Å²) in [5, 5.41) is 6.26. The monoisotopic (exact) mass is 284 g/mol. The van der Waals surface area contributed by atoms with Crippen molar-refractivity contribution >= 4 is 18.3 Å². The fourth-order valence-corrected chi connectivity index (χ4v) is 2.92. The molecule has 0 spiro atoms. The number of hydrogen-bond donors (Lipinski definition) is 2. The molecule has 1 aliphatic heterocycles. The smallest absolute Gasteiger partial charge is 0.237 e. The normalized spacial score (nSPS) is 24.7. The highest BCUT2D eigenvalue weighted by Gasteiger charge is 2.28. The minimum atomic E-state index is -0.196. The van der Waals surface area contributed by atoms with Gasteiger partial charge in [-0.25, -0.2) is 4.39 Å². The lowest BCUT2D eigenvalue weighted by molar-refractivity contribution is -0.123. The van der Waals surface area contributed by atoms with Crippen LogP contribution in [-0.2, 0) is 11.2 Å². The molecule has 1 heterocycles. The van der Waals surface area contributed by atoms with Crippen LogP contribution in [0.25, 0.3) is 0 Å². The lowest BCUT2D eigenvalue weighted by atomic mass is 10.1. The van der Waals surface area contributed by atoms with E-state index in [0.29, 0.717) is 0 Å². The molecule has 1 saturated heterocycles. The quantitative estimate of drug-likeness (QED) is 0.873. The standard InChI is InChI=1S/C14H17FN2O.ClH/c15-10-4-5-11-9(8-10)3-6-12(11)17-14(18)13-2-1-7-16-13;/h4-5,8,12-13,16H,1-3,6-7H2,(H,17,18);1H. The van der Waals surface area contributed by atoms with Gasteiger partial charge in [0.1, 0.15) is 5.82 Å². The van der Waals surface area contributed by atoms with Gasteiger partial charge in [-0.15, -0.1) is 12.4 Å². The molecule has 5 heteroatoms. The van der Waals surface area contributed by atoms with E-state index in [-0.39, 0.29) is 36.2 Å². The molecule has 0 radical (unpaired) electrons. The average Bonchev–Trinajstić information content (AvgIpc) is 2.98. The molecule has 2 aliphatic rings. The summed E-state index contributed by atoms with van der Waals surface area (Å²) in [4.78, 5) is 12.0. The minimum Gasteiger partial charge on any atom is -0.348 e. The fourth-order valence-electron chi connectivity index (χ4n) is 2.92. The van der Waals surface area contributed by atoms with Crippen molar-refractivity contribution in [2.24, 2.45) is 0 Å². The number of benzene rings is 1. The largest absolute Gasteiger partial charge is 0.348 e. The molecule has 1 amide bonds. The molecule has 104 valence electrons. The third-order valence-electron chi connectivity index (χ3n) is 3.88. The molecule has 1 aromatic rings. The van der Waals surface area contributed by atoms with Crippen LogP contribution in [0.15, 0.2) is 18.2 Å². The fraction of sp³-hybridized carbons (Fsp3) is 0.500. The van der Waals surface area contributed by atoms with Crippen molar-refractivity contribution < 1.29 is 9.18 Å². The summed E-state index contributed by atoms with van der Waals surface area (Å²) < 4.78 is 13.1. The summed E-state index contributed by atoms with van der Waals surface area (Å²) in [6.45, 7) is 0.921. The first-order valence-electron chi connectivity index (χ1n) is 6.56. The van der Waals surface area contributed by atoms with E-state index in [0.717, 1.165) is 43.4 Å². The molecule has 3 rings (SSSR count). The van der Waals surface area contributed by atoms with Crippen LogP contribution < -0.4 is 10.6 Å². The first-order valence-corrected chi connectivity index (χ1v) is 6.56. The van der Waals surface area contributed by atoms with Crippen LogP contribution in [0, 0.1) is 5.82 Å². The molecule has 0 saturated carbocycles. The molecule has 2 unspecified atom stereocenters. The van der Waals surface area contributed by atoms with Crippen LogP contribution in [-0.4, -0.2) is 18.5 Å². The van der Waals surface area contributed by atoms with Crippen LogP contribution in [0.3, 0.4) is 0 Å². The van der Waals surface area contributed by atoms with Gasteiger partial charge < -0.3 is 10.6 Å². The maximum atomic E-state index is 13.1. The molecule has 3 nitrogen and oxygen atoms in total. The average molecular weight is 285 g/mol. The second kappa shape index (κ2) is 5.88. The highest BCUT2D eigenvalue weighted by Crippen LogP contribution is 2.31. The van der Waals surface area contributed by atoms with E-state index >= 15 is 0 Å². The van der Waals surface area contributed by atoms with Gasteiger partial charge in [0.15, 0.2) is 0 Å². The number of nitrogens with one attached hydrogen (secondary N) is 2. The van der Waals surface area contributed by atoms with E-state index in [4.69, 9.17) is 0 Å². The predicted molar refractivity (Wildman–Crippen MR) is 73.9 cm³/mol. The third-order valence-corrected chi connectivity index (χ3v) is 3.88. The molecular formula is C14H18ClFN2O. The van der Waals surface area contributed by atoms with Crippen LogP contribution >= 0.6 is 12.4 Å². The van der Waals surface area contributed by atoms with E-state index < -0.39 is 0 Å². The maximum Gasteiger partial charge on any atom is 0.237 e. The number of amides is 1. The number of carbonyl (C=O) groups excluding carboxylic acids is 1. The van der Waals surface area contributed by atoms with Crippen LogP contribution in [0.2, 0.25) is 0 Å². The highest BCUT2D eigenvalue weighted by atomic mass is 35.5. The van der Waals surface area contributed by atoms with E-state index in [1.165, 1.54) is 6.07 Å². The number of fused-ring (bicyclic) bond motifs is 1. The summed E-state index contributed by atoms with van der Waals surface area (Å²) >= 11 is 0. The van der Waals surface area contributed by atoms with Gasteiger partial charge in [0.05, 0.1) is 12.1 Å². The van der Waals surface area contributed by atoms with Crippen molar-refractivity contribution in [2.45, 2.75) is 37.8 Å². The van der Waals surface area contributed by atoms with Gasteiger partial charge in [0.25, 0.3) is 0 Å². The first-order chi connectivity index (χ1) is 8.74. The zero-order chi connectivity index (χ0) is 12.5. The zero-order valence-electron chi connectivity index (χ0n) is 10.6. The maximum absolute atomic E-state index is 13.1. The van der Waals surface area contributed by atoms with Gasteiger partial charge in [0.2, 0.25) is 5.91 Å². The second-order valence-electron chi connectivity index (χ2n) is 5.09. The summed E-state index contributed by atoms with van der Waals surface area (Å²) in [6.07, 6.45) is 3.69. The van der Waals surface area contributed by atoms with Gasteiger partial charge in [0, 0.05) is 0 Å². The Morgan fingerprint density at radius 1 is 1.37 bits per heavy atom. The van der Waals surface area contributed by atoms with Crippen molar-refractivity contribution in [1.82, 2.24) is 10.6 Å². The Balaban J connectivity index is 0.00000133. The van der Waals surface area contributed by atoms with E-state index in [1.54, 1.807) is 12.1 Å². The topological polar surface area (TPSA) is 41.1 Å². The van der Waals surface area contributed by atoms with E-state index in [9.17, 15) is 9.18 Å². The van der Waals surface area contributed by atoms with E-state index in [2.05, 4.69) is 10.6 Å². The number of carbonyl (C=O) groups is 1. The molecule has 1 aromatic carbocycles. The van der Waals surface area contributed by atoms with Crippen molar-refractivity contribution in [1.29, 1.82) is 0 Å². The van der Waals surface area contributed by atoms with Gasteiger partial charge >= 0.3 is 0 Å². The van der Waals surface area contributed by atoms with Crippen LogP contribution in [0.4, 0.5) is 4.39 Å². The summed E-state index contributed by atoms with van der Waals surface area (Å²) in [6, 6.07) is 4.85. The van der Waals surface area contributed by atoms with Crippen LogP contribution in [0.5, 0.6) is 0 Å². The molecule has 1 fully saturated rings. The van der Waals surface area contributed by atoms with Crippen LogP contribution in [0.1, 0.15) is 36.4 Å². The SMILES string of the molecule is Cl.O=C(NC1CCc2cc(F)ccc21)C1CCCN1. The van der Waals surface area contributed by atoms with Gasteiger partial charge in [-0.2, -0.15) is 0 Å². The molecular weight excluding hydrogens is 267 g/mol. The molecule has 1 aliphatic carbocycles. The lowest BCUT2D eigenvalue weighted by Gasteiger charge is -2.17. The molecule has 2 N–H and O–H groups in total. The number of aryl methyl sites for hydroxylation is 1.